The van der Waals surface area contributed by atoms with Crippen LogP contribution in [0.3, 0.4) is 0 Å². The summed E-state index contributed by atoms with van der Waals surface area (Å²) >= 11 is 3.26. The van der Waals surface area contributed by atoms with E-state index in [1.807, 2.05) is 6.08 Å². The van der Waals surface area contributed by atoms with Gasteiger partial charge >= 0.3 is 0 Å². The standard InChI is InChI=1S/C9H17Br/c1-2-3-4-5-6-7-8-9-10/h6-7H,2-5,8-9H2,1H3/b7-6-/i3D2,4D,5D. The van der Waals surface area contributed by atoms with Crippen molar-refractivity contribution in [1.82, 2.24) is 0 Å². The zero-order valence-electron chi connectivity index (χ0n) is 10.3. The summed E-state index contributed by atoms with van der Waals surface area (Å²) in [6.45, 7) is 1.70. The maximum absolute atomic E-state index is 7.59. The van der Waals surface area contributed by atoms with Gasteiger partial charge in [0.05, 0.1) is 0 Å². The van der Waals surface area contributed by atoms with Crippen LogP contribution in [0, 0.1) is 0 Å². The molecule has 1 heteroatoms. The van der Waals surface area contributed by atoms with Crippen molar-refractivity contribution in [3.63, 3.8) is 0 Å². The third-order valence-corrected chi connectivity index (χ3v) is 1.40. The Balaban J connectivity index is 4.17. The summed E-state index contributed by atoms with van der Waals surface area (Å²) < 4.78 is 30.2. The lowest BCUT2D eigenvalue weighted by molar-refractivity contribution is 0.728. The summed E-state index contributed by atoms with van der Waals surface area (Å²) in [6.07, 6.45) is 1.18. The molecule has 0 aliphatic carbocycles. The molecule has 0 rings (SSSR count). The first-order valence-electron chi connectivity index (χ1n) is 5.68. The summed E-state index contributed by atoms with van der Waals surface area (Å²) in [5.41, 5.74) is 0. The van der Waals surface area contributed by atoms with Crippen molar-refractivity contribution in [3.8, 4) is 0 Å². The molecule has 60 valence electrons. The number of hydrogen-bond acceptors (Lipinski definition) is 0. The molecule has 0 saturated heterocycles. The van der Waals surface area contributed by atoms with Gasteiger partial charge in [-0.3, -0.25) is 0 Å². The summed E-state index contributed by atoms with van der Waals surface area (Å²) in [4.78, 5) is 0. The summed E-state index contributed by atoms with van der Waals surface area (Å²) in [7, 11) is 0. The summed E-state index contributed by atoms with van der Waals surface area (Å²) in [5, 5.41) is 0.833. The van der Waals surface area contributed by atoms with E-state index in [1.54, 1.807) is 13.0 Å². The zero-order chi connectivity index (χ0) is 11.2. The fourth-order valence-corrected chi connectivity index (χ4v) is 0.744. The van der Waals surface area contributed by atoms with Crippen LogP contribution in [0.4, 0.5) is 0 Å². The van der Waals surface area contributed by atoms with Crippen LogP contribution in [0.5, 0.6) is 0 Å². The van der Waals surface area contributed by atoms with Crippen molar-refractivity contribution in [2.45, 2.75) is 38.9 Å². The van der Waals surface area contributed by atoms with Gasteiger partial charge in [-0.1, -0.05) is 47.8 Å². The molecular weight excluding hydrogens is 188 g/mol. The number of hydrogen-bond donors (Lipinski definition) is 0. The van der Waals surface area contributed by atoms with Crippen LogP contribution in [-0.2, 0) is 0 Å². The van der Waals surface area contributed by atoms with Crippen molar-refractivity contribution < 1.29 is 5.48 Å². The first kappa shape index (κ1) is 4.97. The molecule has 0 N–H and O–H groups in total. The van der Waals surface area contributed by atoms with Crippen LogP contribution < -0.4 is 0 Å². The van der Waals surface area contributed by atoms with Crippen molar-refractivity contribution in [2.75, 3.05) is 5.33 Å². The first-order chi connectivity index (χ1) is 6.45. The molecule has 0 aliphatic rings. The third kappa shape index (κ3) is 8.22. The lowest BCUT2D eigenvalue weighted by Gasteiger charge is -1.90. The topological polar surface area (TPSA) is 0 Å². The molecule has 0 aromatic rings. The van der Waals surface area contributed by atoms with Gasteiger partial charge < -0.3 is 0 Å². The van der Waals surface area contributed by atoms with Gasteiger partial charge in [-0.05, 0) is 19.2 Å². The van der Waals surface area contributed by atoms with Crippen molar-refractivity contribution in [3.05, 3.63) is 12.2 Å². The van der Waals surface area contributed by atoms with Crippen molar-refractivity contribution >= 4 is 15.9 Å². The van der Waals surface area contributed by atoms with Crippen LogP contribution in [0.25, 0.3) is 0 Å². The molecule has 0 bridgehead atoms. The van der Waals surface area contributed by atoms with E-state index in [2.05, 4.69) is 15.9 Å². The highest BCUT2D eigenvalue weighted by Crippen LogP contribution is 2.00. The van der Waals surface area contributed by atoms with Gasteiger partial charge in [-0.15, -0.1) is 0 Å². The Kier molecular flexibility index (Phi) is 4.58. The maximum atomic E-state index is 7.59. The quantitative estimate of drug-likeness (QED) is 0.459. The Morgan fingerprint density at radius 1 is 1.50 bits per heavy atom. The fourth-order valence-electron chi connectivity index (χ4n) is 0.479. The number of rotatable bonds is 6. The van der Waals surface area contributed by atoms with Gasteiger partial charge in [0.2, 0.25) is 0 Å². The van der Waals surface area contributed by atoms with E-state index in [1.165, 1.54) is 0 Å². The fraction of sp³-hybridized carbons (Fsp3) is 0.778. The highest BCUT2D eigenvalue weighted by molar-refractivity contribution is 9.09. The highest BCUT2D eigenvalue weighted by atomic mass is 79.9. The lowest BCUT2D eigenvalue weighted by Crippen LogP contribution is -1.71. The summed E-state index contributed by atoms with van der Waals surface area (Å²) in [5.74, 6) is 0. The molecule has 0 aromatic heterocycles. The van der Waals surface area contributed by atoms with Gasteiger partial charge in [0.25, 0.3) is 0 Å². The average molecular weight is 209 g/mol. The largest absolute Gasteiger partial charge is 0.0925 e. The van der Waals surface area contributed by atoms with Crippen LogP contribution in [0.15, 0.2) is 12.2 Å². The van der Waals surface area contributed by atoms with Gasteiger partial charge in [-0.25, -0.2) is 0 Å². The van der Waals surface area contributed by atoms with E-state index >= 15 is 0 Å². The molecule has 0 nitrogen and oxygen atoms in total. The van der Waals surface area contributed by atoms with Crippen molar-refractivity contribution in [1.29, 1.82) is 0 Å². The molecule has 0 aromatic carbocycles. The molecule has 2 atom stereocenters. The van der Waals surface area contributed by atoms with E-state index in [0.29, 0.717) is 0 Å². The molecule has 2 unspecified atom stereocenters. The summed E-state index contributed by atoms with van der Waals surface area (Å²) in [6, 6.07) is 0. The lowest BCUT2D eigenvalue weighted by atomic mass is 10.2. The zero-order valence-corrected chi connectivity index (χ0v) is 7.89. The molecule has 0 amide bonds. The molecule has 10 heavy (non-hydrogen) atoms. The van der Waals surface area contributed by atoms with Gasteiger partial charge in [0, 0.05) is 10.8 Å². The van der Waals surface area contributed by atoms with Crippen LogP contribution >= 0.6 is 15.9 Å². The van der Waals surface area contributed by atoms with E-state index < -0.39 is 19.2 Å². The van der Waals surface area contributed by atoms with E-state index in [9.17, 15) is 0 Å². The Morgan fingerprint density at radius 2 is 2.30 bits per heavy atom. The van der Waals surface area contributed by atoms with Crippen LogP contribution in [0.1, 0.15) is 44.4 Å². The highest BCUT2D eigenvalue weighted by Gasteiger charge is 1.80. The molecule has 0 heterocycles. The average Bonchev–Trinajstić information content (AvgIpc) is 2.17. The Hall–Kier alpha value is 0.220. The monoisotopic (exact) mass is 208 g/mol. The Morgan fingerprint density at radius 3 is 2.90 bits per heavy atom. The van der Waals surface area contributed by atoms with E-state index in [4.69, 9.17) is 5.48 Å². The number of allylic oxidation sites excluding steroid dienone is 2. The second kappa shape index (κ2) is 9.22. The second-order valence-corrected chi connectivity index (χ2v) is 2.62. The predicted molar refractivity (Wildman–Crippen MR) is 51.7 cm³/mol. The molecule has 0 fully saturated rings. The minimum atomic E-state index is -1.56. The van der Waals surface area contributed by atoms with E-state index in [0.717, 1.165) is 11.8 Å². The smallest absolute Gasteiger partial charge is 0.0310 e. The Bertz CT molecular complexity index is 182. The van der Waals surface area contributed by atoms with Gasteiger partial charge in [-0.2, -0.15) is 0 Å². The Labute approximate surface area is 78.5 Å². The van der Waals surface area contributed by atoms with Gasteiger partial charge in [0.1, 0.15) is 0 Å². The van der Waals surface area contributed by atoms with Crippen molar-refractivity contribution in [2.24, 2.45) is 0 Å². The molecular formula is C9H17Br. The van der Waals surface area contributed by atoms with Crippen LogP contribution in [-0.4, -0.2) is 5.33 Å². The third-order valence-electron chi connectivity index (χ3n) is 0.941. The first-order valence-corrected chi connectivity index (χ1v) is 4.65. The van der Waals surface area contributed by atoms with Gasteiger partial charge in [0.15, 0.2) is 0 Å². The normalized spacial score (nSPS) is 24.6. The minimum Gasteiger partial charge on any atom is -0.0925 e. The molecule has 0 aliphatic heterocycles. The molecule has 0 radical (unpaired) electrons. The molecule has 0 saturated carbocycles. The SMILES string of the molecule is [2H]C(/C=C\CCBr)C([2H])C([2H])([2H])CC. The number of alkyl halides is 1. The van der Waals surface area contributed by atoms with E-state index in [-0.39, 0.29) is 6.42 Å². The minimum absolute atomic E-state index is 0.281. The number of halogens is 1. The predicted octanol–water partition coefficient (Wildman–Crippen LogP) is 3.91. The van der Waals surface area contributed by atoms with Crippen LogP contribution in [0.2, 0.25) is 0 Å². The second-order valence-electron chi connectivity index (χ2n) is 1.82. The maximum Gasteiger partial charge on any atom is 0.0310 e. The molecule has 0 spiro atoms.